The molecule has 1 N–H and O–H groups in total. The number of halogens is 1. The molecule has 1 aromatic heterocycles. The number of rotatable bonds is 4. The Balaban J connectivity index is 2.01. The van der Waals surface area contributed by atoms with Gasteiger partial charge in [-0.15, -0.1) is 0 Å². The molecule has 1 unspecified atom stereocenters. The van der Waals surface area contributed by atoms with Crippen LogP contribution in [-0.4, -0.2) is 47.0 Å². The van der Waals surface area contributed by atoms with Crippen molar-refractivity contribution in [3.63, 3.8) is 0 Å². The monoisotopic (exact) mass is 296 g/mol. The lowest BCUT2D eigenvalue weighted by Crippen LogP contribution is -2.46. The van der Waals surface area contributed by atoms with Crippen molar-refractivity contribution < 1.29 is 13.9 Å². The topological polar surface area (TPSA) is 67.3 Å². The smallest absolute Gasteiger partial charge is 0.255 e. The molecule has 1 saturated heterocycles. The van der Waals surface area contributed by atoms with Crippen molar-refractivity contribution in [2.24, 2.45) is 5.92 Å². The summed E-state index contributed by atoms with van der Waals surface area (Å²) in [6, 6.07) is 0.0663. The van der Waals surface area contributed by atoms with Gasteiger partial charge in [-0.1, -0.05) is 13.8 Å². The van der Waals surface area contributed by atoms with Crippen LogP contribution in [0.25, 0.3) is 0 Å². The number of nitrogens with one attached hydrogen (secondary N) is 1. The zero-order valence-corrected chi connectivity index (χ0v) is 12.6. The van der Waals surface area contributed by atoms with Gasteiger partial charge in [-0.2, -0.15) is 9.37 Å². The molecule has 0 saturated carbocycles. The average molecular weight is 296 g/mol. The van der Waals surface area contributed by atoms with Crippen molar-refractivity contribution >= 4 is 11.9 Å². The van der Waals surface area contributed by atoms with Crippen LogP contribution in [0.3, 0.4) is 0 Å². The van der Waals surface area contributed by atoms with Crippen LogP contribution in [0, 0.1) is 11.7 Å². The molecule has 2 heterocycles. The standard InChI is InChI=1S/C14H21FN4O2/c1-9(2)13(20)19-6-4-5-10(8-19)17-14-16-7-11(15)12(18-14)21-3/h7,9-10H,4-6,8H2,1-3H3,(H,16,17,18). The third-order valence-electron chi connectivity index (χ3n) is 3.47. The fourth-order valence-corrected chi connectivity index (χ4v) is 2.41. The van der Waals surface area contributed by atoms with Crippen LogP contribution in [0.4, 0.5) is 10.3 Å². The molecule has 0 bridgehead atoms. The Hall–Kier alpha value is -1.92. The number of methoxy groups -OCH3 is 1. The van der Waals surface area contributed by atoms with Gasteiger partial charge in [0.15, 0.2) is 0 Å². The van der Waals surface area contributed by atoms with Crippen LogP contribution in [0.5, 0.6) is 5.88 Å². The fourth-order valence-electron chi connectivity index (χ4n) is 2.41. The number of anilines is 1. The molecule has 1 aliphatic rings. The molecule has 1 fully saturated rings. The average Bonchev–Trinajstić information content (AvgIpc) is 2.48. The predicted molar refractivity (Wildman–Crippen MR) is 76.6 cm³/mol. The summed E-state index contributed by atoms with van der Waals surface area (Å²) >= 11 is 0. The third-order valence-corrected chi connectivity index (χ3v) is 3.47. The van der Waals surface area contributed by atoms with Crippen LogP contribution < -0.4 is 10.1 Å². The second-order valence-corrected chi connectivity index (χ2v) is 5.47. The highest BCUT2D eigenvalue weighted by molar-refractivity contribution is 5.78. The van der Waals surface area contributed by atoms with Crippen molar-refractivity contribution in [1.82, 2.24) is 14.9 Å². The van der Waals surface area contributed by atoms with E-state index in [1.165, 1.54) is 7.11 Å². The van der Waals surface area contributed by atoms with Gasteiger partial charge in [0.25, 0.3) is 5.88 Å². The molecule has 0 spiro atoms. The Morgan fingerprint density at radius 2 is 2.33 bits per heavy atom. The van der Waals surface area contributed by atoms with Crippen LogP contribution >= 0.6 is 0 Å². The molecule has 0 radical (unpaired) electrons. The Morgan fingerprint density at radius 1 is 1.57 bits per heavy atom. The molecule has 1 aliphatic heterocycles. The summed E-state index contributed by atoms with van der Waals surface area (Å²) in [7, 11) is 1.36. The minimum Gasteiger partial charge on any atom is -0.479 e. The SMILES string of the molecule is COc1nc(NC2CCCN(C(=O)C(C)C)C2)ncc1F. The Bertz CT molecular complexity index is 510. The first-order valence-corrected chi connectivity index (χ1v) is 7.13. The van der Waals surface area contributed by atoms with E-state index < -0.39 is 5.82 Å². The highest BCUT2D eigenvalue weighted by atomic mass is 19.1. The van der Waals surface area contributed by atoms with E-state index in [2.05, 4.69) is 15.3 Å². The summed E-state index contributed by atoms with van der Waals surface area (Å²) < 4.78 is 18.1. The second kappa shape index (κ2) is 6.69. The first kappa shape index (κ1) is 15.5. The van der Waals surface area contributed by atoms with E-state index >= 15 is 0 Å². The number of piperidine rings is 1. The highest BCUT2D eigenvalue weighted by Gasteiger charge is 2.25. The van der Waals surface area contributed by atoms with Crippen LogP contribution in [0.1, 0.15) is 26.7 Å². The largest absolute Gasteiger partial charge is 0.479 e. The number of hydrogen-bond donors (Lipinski definition) is 1. The van der Waals surface area contributed by atoms with Gasteiger partial charge in [0, 0.05) is 25.0 Å². The molecule has 1 aromatic rings. The lowest BCUT2D eigenvalue weighted by atomic mass is 10.0. The fraction of sp³-hybridized carbons (Fsp3) is 0.643. The number of aromatic nitrogens is 2. The third kappa shape index (κ3) is 3.80. The molecule has 6 nitrogen and oxygen atoms in total. The van der Waals surface area contributed by atoms with Gasteiger partial charge in [-0.3, -0.25) is 4.79 Å². The molecular weight excluding hydrogens is 275 g/mol. The number of amides is 1. The van der Waals surface area contributed by atoms with Crippen molar-refractivity contribution in [3.05, 3.63) is 12.0 Å². The summed E-state index contributed by atoms with van der Waals surface area (Å²) in [5, 5.41) is 3.14. The van der Waals surface area contributed by atoms with Crippen molar-refractivity contribution in [2.75, 3.05) is 25.5 Å². The molecule has 7 heteroatoms. The van der Waals surface area contributed by atoms with E-state index in [-0.39, 0.29) is 23.7 Å². The first-order chi connectivity index (χ1) is 10.0. The summed E-state index contributed by atoms with van der Waals surface area (Å²) in [4.78, 5) is 21.8. The van der Waals surface area contributed by atoms with Crippen molar-refractivity contribution in [2.45, 2.75) is 32.7 Å². The van der Waals surface area contributed by atoms with E-state index in [1.54, 1.807) is 0 Å². The van der Waals surface area contributed by atoms with E-state index in [0.29, 0.717) is 12.5 Å². The van der Waals surface area contributed by atoms with E-state index in [1.807, 2.05) is 18.7 Å². The molecule has 1 atom stereocenters. The molecule has 0 aromatic carbocycles. The Kier molecular flexibility index (Phi) is 4.93. The zero-order valence-electron chi connectivity index (χ0n) is 12.6. The second-order valence-electron chi connectivity index (χ2n) is 5.47. The van der Waals surface area contributed by atoms with Crippen molar-refractivity contribution in [1.29, 1.82) is 0 Å². The minimum atomic E-state index is -0.594. The lowest BCUT2D eigenvalue weighted by molar-refractivity contribution is -0.135. The van der Waals surface area contributed by atoms with E-state index in [0.717, 1.165) is 25.6 Å². The van der Waals surface area contributed by atoms with Gasteiger partial charge in [0.2, 0.25) is 17.7 Å². The maximum atomic E-state index is 13.3. The zero-order chi connectivity index (χ0) is 15.4. The molecular formula is C14H21FN4O2. The lowest BCUT2D eigenvalue weighted by Gasteiger charge is -2.34. The first-order valence-electron chi connectivity index (χ1n) is 7.13. The van der Waals surface area contributed by atoms with Gasteiger partial charge >= 0.3 is 0 Å². The maximum Gasteiger partial charge on any atom is 0.255 e. The van der Waals surface area contributed by atoms with Gasteiger partial charge in [0.1, 0.15) is 0 Å². The quantitative estimate of drug-likeness (QED) is 0.915. The minimum absolute atomic E-state index is 0.00841. The maximum absolute atomic E-state index is 13.3. The molecule has 21 heavy (non-hydrogen) atoms. The van der Waals surface area contributed by atoms with Gasteiger partial charge < -0.3 is 15.0 Å². The van der Waals surface area contributed by atoms with Gasteiger partial charge in [0.05, 0.1) is 13.3 Å². The molecule has 2 rings (SSSR count). The van der Waals surface area contributed by atoms with Gasteiger partial charge in [-0.05, 0) is 12.8 Å². The number of ether oxygens (including phenoxy) is 1. The Morgan fingerprint density at radius 3 is 3.00 bits per heavy atom. The van der Waals surface area contributed by atoms with Gasteiger partial charge in [-0.25, -0.2) is 4.98 Å². The van der Waals surface area contributed by atoms with E-state index in [4.69, 9.17) is 4.74 Å². The Labute approximate surface area is 123 Å². The van der Waals surface area contributed by atoms with Crippen LogP contribution in [0.15, 0.2) is 6.20 Å². The summed E-state index contributed by atoms with van der Waals surface area (Å²) in [5.41, 5.74) is 0. The molecule has 116 valence electrons. The normalized spacial score (nSPS) is 18.7. The number of hydrogen-bond acceptors (Lipinski definition) is 5. The number of carbonyl (C=O) groups is 1. The predicted octanol–water partition coefficient (Wildman–Crippen LogP) is 1.68. The van der Waals surface area contributed by atoms with Crippen molar-refractivity contribution in [3.8, 4) is 5.88 Å². The summed E-state index contributed by atoms with van der Waals surface area (Å²) in [6.45, 7) is 5.18. The summed E-state index contributed by atoms with van der Waals surface area (Å²) in [5.74, 6) is -0.219. The highest BCUT2D eigenvalue weighted by Crippen LogP contribution is 2.18. The number of likely N-dealkylation sites (tertiary alicyclic amines) is 1. The van der Waals surface area contributed by atoms with Crippen LogP contribution in [-0.2, 0) is 4.79 Å². The number of nitrogens with zero attached hydrogens (tertiary/aromatic N) is 3. The summed E-state index contributed by atoms with van der Waals surface area (Å²) in [6.07, 6.45) is 2.92. The molecule has 1 amide bonds. The van der Waals surface area contributed by atoms with E-state index in [9.17, 15) is 9.18 Å². The molecule has 0 aliphatic carbocycles. The van der Waals surface area contributed by atoms with Crippen LogP contribution in [0.2, 0.25) is 0 Å². The number of carbonyl (C=O) groups excluding carboxylic acids is 1.